The predicted octanol–water partition coefficient (Wildman–Crippen LogP) is 3.34. The molecule has 3 N–H and O–H groups in total. The van der Waals surface area contributed by atoms with Crippen LogP contribution in [0.2, 0.25) is 5.02 Å². The summed E-state index contributed by atoms with van der Waals surface area (Å²) in [6.07, 6.45) is 1.10. The lowest BCUT2D eigenvalue weighted by atomic mass is 9.98. The van der Waals surface area contributed by atoms with Crippen molar-refractivity contribution in [1.29, 1.82) is 0 Å². The van der Waals surface area contributed by atoms with Crippen LogP contribution in [0.3, 0.4) is 0 Å². The van der Waals surface area contributed by atoms with Crippen LogP contribution >= 0.6 is 11.6 Å². The second kappa shape index (κ2) is 13.8. The highest BCUT2D eigenvalue weighted by Crippen LogP contribution is 2.28. The number of halogens is 1. The van der Waals surface area contributed by atoms with Crippen molar-refractivity contribution >= 4 is 33.2 Å². The van der Waals surface area contributed by atoms with Gasteiger partial charge in [0.2, 0.25) is 5.90 Å². The van der Waals surface area contributed by atoms with Gasteiger partial charge in [-0.15, -0.1) is 0 Å². The van der Waals surface area contributed by atoms with Gasteiger partial charge in [0.25, 0.3) is 5.91 Å². The van der Waals surface area contributed by atoms with Crippen LogP contribution < -0.4 is 15.6 Å². The summed E-state index contributed by atoms with van der Waals surface area (Å²) in [5.74, 6) is 0.104. The summed E-state index contributed by atoms with van der Waals surface area (Å²) in [7, 11) is -3.65. The Kier molecular flexibility index (Phi) is 10.2. The number of benzene rings is 3. The van der Waals surface area contributed by atoms with Crippen LogP contribution in [-0.4, -0.2) is 63.0 Å². The average Bonchev–Trinajstić information content (AvgIpc) is 3.42. The van der Waals surface area contributed by atoms with Gasteiger partial charge >= 0.3 is 0 Å². The number of carbonyl (C=O) groups is 1. The minimum absolute atomic E-state index is 0.0445. The molecular formula is C29H32ClN3O6S. The van der Waals surface area contributed by atoms with Crippen LogP contribution in [0.1, 0.15) is 24.0 Å². The van der Waals surface area contributed by atoms with E-state index in [-0.39, 0.29) is 36.2 Å². The molecule has 4 rings (SSSR count). The number of nitrogens with one attached hydrogen (secondary N) is 2. The van der Waals surface area contributed by atoms with E-state index in [1.54, 1.807) is 54.6 Å². The lowest BCUT2D eigenvalue weighted by Gasteiger charge is -2.23. The maximum atomic E-state index is 13.4. The van der Waals surface area contributed by atoms with Crippen molar-refractivity contribution in [2.75, 3.05) is 32.1 Å². The van der Waals surface area contributed by atoms with E-state index in [2.05, 4.69) is 15.8 Å². The minimum atomic E-state index is -3.65. The van der Waals surface area contributed by atoms with Crippen LogP contribution in [-0.2, 0) is 25.8 Å². The summed E-state index contributed by atoms with van der Waals surface area (Å²) in [5.41, 5.74) is 5.85. The first-order chi connectivity index (χ1) is 19.3. The van der Waals surface area contributed by atoms with E-state index in [4.69, 9.17) is 26.2 Å². The first-order valence-electron chi connectivity index (χ1n) is 12.9. The normalized spacial score (nSPS) is 16.7. The molecule has 40 heavy (non-hydrogen) atoms. The first-order valence-corrected chi connectivity index (χ1v) is 15.0. The summed E-state index contributed by atoms with van der Waals surface area (Å²) < 4.78 is 37.5. The highest BCUT2D eigenvalue weighted by Gasteiger charge is 2.45. The largest absolute Gasteiger partial charge is 0.494 e. The van der Waals surface area contributed by atoms with Crippen molar-refractivity contribution < 1.29 is 27.8 Å². The van der Waals surface area contributed by atoms with Crippen molar-refractivity contribution in [2.24, 2.45) is 4.99 Å². The number of hydrogen-bond donors (Lipinski definition) is 3. The molecule has 3 aromatic carbocycles. The van der Waals surface area contributed by atoms with Crippen molar-refractivity contribution in [3.8, 4) is 5.75 Å². The van der Waals surface area contributed by atoms with Gasteiger partial charge in [0, 0.05) is 30.2 Å². The van der Waals surface area contributed by atoms with Gasteiger partial charge in [-0.25, -0.2) is 18.8 Å². The molecule has 1 heterocycles. The summed E-state index contributed by atoms with van der Waals surface area (Å²) in [4.78, 5) is 18.3. The van der Waals surface area contributed by atoms with Gasteiger partial charge in [-0.1, -0.05) is 41.9 Å². The summed E-state index contributed by atoms with van der Waals surface area (Å²) >= 11 is 5.94. The van der Waals surface area contributed by atoms with Gasteiger partial charge in [0.1, 0.15) is 12.4 Å². The fourth-order valence-corrected chi connectivity index (χ4v) is 5.61. The van der Waals surface area contributed by atoms with Gasteiger partial charge in [-0.05, 0) is 66.9 Å². The van der Waals surface area contributed by atoms with Crippen LogP contribution in [0.4, 0.5) is 0 Å². The van der Waals surface area contributed by atoms with Gasteiger partial charge in [0.15, 0.2) is 15.4 Å². The smallest absolute Gasteiger partial charge is 0.265 e. The molecule has 0 bridgehead atoms. The number of aliphatic hydroxyl groups excluding tert-OH is 1. The fourth-order valence-electron chi connectivity index (χ4n) is 4.07. The molecule has 0 saturated heterocycles. The van der Waals surface area contributed by atoms with Gasteiger partial charge < -0.3 is 14.6 Å². The van der Waals surface area contributed by atoms with E-state index in [0.29, 0.717) is 42.3 Å². The van der Waals surface area contributed by atoms with Crippen molar-refractivity contribution in [2.45, 2.75) is 29.7 Å². The van der Waals surface area contributed by atoms with Crippen molar-refractivity contribution in [3.05, 3.63) is 95.0 Å². The molecule has 0 spiro atoms. The Morgan fingerprint density at radius 3 is 2.48 bits per heavy atom. The van der Waals surface area contributed by atoms with Crippen LogP contribution in [0, 0.1) is 0 Å². The maximum absolute atomic E-state index is 13.4. The zero-order valence-corrected chi connectivity index (χ0v) is 23.5. The van der Waals surface area contributed by atoms with Gasteiger partial charge in [-0.3, -0.25) is 10.2 Å². The molecule has 1 amide bonds. The number of ether oxygens (including phenoxy) is 2. The molecule has 212 valence electrons. The fraction of sp³-hybridized carbons (Fsp3) is 0.310. The number of aliphatic imine (C=N–C) groups is 1. The SMILES string of the molecule is O=C(NNCCc1ccc(Cl)cc1)[C@]1(CCS(=O)(=O)c2ccccc2)COC(c2ccc(OCCCO)cc2)=N1. The maximum Gasteiger partial charge on any atom is 0.265 e. The molecule has 0 aromatic heterocycles. The number of rotatable bonds is 14. The van der Waals surface area contributed by atoms with E-state index < -0.39 is 21.3 Å². The van der Waals surface area contributed by atoms with E-state index in [1.807, 2.05) is 12.1 Å². The number of hydrazine groups is 1. The topological polar surface area (TPSA) is 126 Å². The third kappa shape index (κ3) is 7.82. The van der Waals surface area contributed by atoms with Crippen molar-refractivity contribution in [1.82, 2.24) is 10.9 Å². The van der Waals surface area contributed by atoms with Crippen LogP contribution in [0.5, 0.6) is 5.75 Å². The van der Waals surface area contributed by atoms with E-state index >= 15 is 0 Å². The number of nitrogens with zero attached hydrogens (tertiary/aromatic N) is 1. The Balaban J connectivity index is 1.47. The van der Waals surface area contributed by atoms with E-state index in [0.717, 1.165) is 5.56 Å². The molecular weight excluding hydrogens is 554 g/mol. The highest BCUT2D eigenvalue weighted by molar-refractivity contribution is 7.91. The average molecular weight is 586 g/mol. The first kappa shape index (κ1) is 29.5. The molecule has 11 heteroatoms. The molecule has 3 aromatic rings. The Morgan fingerprint density at radius 2 is 1.77 bits per heavy atom. The molecule has 1 aliphatic heterocycles. The van der Waals surface area contributed by atoms with Gasteiger partial charge in [0.05, 0.1) is 17.3 Å². The number of amides is 1. The van der Waals surface area contributed by atoms with Crippen LogP contribution in [0.25, 0.3) is 0 Å². The zero-order chi connectivity index (χ0) is 28.4. The second-order valence-corrected chi connectivity index (χ2v) is 11.9. The molecule has 1 aliphatic rings. The monoisotopic (exact) mass is 585 g/mol. The zero-order valence-electron chi connectivity index (χ0n) is 21.9. The lowest BCUT2D eigenvalue weighted by Crippen LogP contribution is -2.52. The molecule has 0 radical (unpaired) electrons. The number of carbonyl (C=O) groups excluding carboxylic acids is 1. The Bertz CT molecular complexity index is 1400. The quantitative estimate of drug-likeness (QED) is 0.196. The number of sulfone groups is 1. The predicted molar refractivity (Wildman–Crippen MR) is 153 cm³/mol. The van der Waals surface area contributed by atoms with E-state index in [9.17, 15) is 13.2 Å². The molecule has 0 unspecified atom stereocenters. The lowest BCUT2D eigenvalue weighted by molar-refractivity contribution is -0.127. The Hall–Kier alpha value is -3.44. The Labute approximate surface area is 239 Å². The van der Waals surface area contributed by atoms with E-state index in [1.165, 1.54) is 12.1 Å². The minimum Gasteiger partial charge on any atom is -0.494 e. The third-order valence-corrected chi connectivity index (χ3v) is 8.38. The molecule has 9 nitrogen and oxygen atoms in total. The summed E-state index contributed by atoms with van der Waals surface area (Å²) in [6, 6.07) is 22.6. The Morgan fingerprint density at radius 1 is 1.05 bits per heavy atom. The summed E-state index contributed by atoms with van der Waals surface area (Å²) in [5, 5.41) is 9.57. The van der Waals surface area contributed by atoms with Crippen LogP contribution in [0.15, 0.2) is 88.8 Å². The number of hydrogen-bond acceptors (Lipinski definition) is 8. The third-order valence-electron chi connectivity index (χ3n) is 6.40. The highest BCUT2D eigenvalue weighted by atomic mass is 35.5. The molecule has 0 aliphatic carbocycles. The molecule has 0 saturated carbocycles. The molecule has 0 fully saturated rings. The van der Waals surface area contributed by atoms with Crippen molar-refractivity contribution in [3.63, 3.8) is 0 Å². The number of aliphatic hydroxyl groups is 1. The summed E-state index contributed by atoms with van der Waals surface area (Å²) in [6.45, 7) is 0.771. The van der Waals surface area contributed by atoms with Gasteiger partial charge in [-0.2, -0.15) is 0 Å². The molecule has 1 atom stereocenters. The second-order valence-electron chi connectivity index (χ2n) is 9.33. The standard InChI is InChI=1S/C29H32ClN3O6S/c30-24-11-7-22(8-12-24)15-17-31-33-28(35)29(16-20-40(36,37)26-5-2-1-3-6-26)21-39-27(32-29)23-9-13-25(14-10-23)38-19-4-18-34/h1-3,5-14,31,34H,4,15-21H2,(H,33,35)/t29-/m0/s1.